The number of carbonyl (C=O) groups is 1. The van der Waals surface area contributed by atoms with Gasteiger partial charge in [-0.2, -0.15) is 5.10 Å². The maximum atomic E-state index is 11.7. The van der Waals surface area contributed by atoms with E-state index in [4.69, 9.17) is 0 Å². The summed E-state index contributed by atoms with van der Waals surface area (Å²) >= 11 is 0. The molecule has 0 radical (unpaired) electrons. The number of hydrogen-bond acceptors (Lipinski definition) is 4. The van der Waals surface area contributed by atoms with Crippen LogP contribution in [0.2, 0.25) is 0 Å². The van der Waals surface area contributed by atoms with Crippen molar-refractivity contribution in [3.8, 4) is 0 Å². The summed E-state index contributed by atoms with van der Waals surface area (Å²) in [5.74, 6) is 1.32. The zero-order valence-corrected chi connectivity index (χ0v) is 11.6. The highest BCUT2D eigenvalue weighted by Crippen LogP contribution is 2.06. The SMILES string of the molecule is CCNc1cc(CNC(=O)Nc2ccn(C)n2)ccn1. The van der Waals surface area contributed by atoms with Crippen LogP contribution >= 0.6 is 0 Å². The number of aryl methyl sites for hydroxylation is 1. The first-order valence-corrected chi connectivity index (χ1v) is 6.40. The third kappa shape index (κ3) is 3.98. The van der Waals surface area contributed by atoms with E-state index in [1.165, 1.54) is 0 Å². The number of urea groups is 1. The minimum Gasteiger partial charge on any atom is -0.370 e. The topological polar surface area (TPSA) is 83.9 Å². The van der Waals surface area contributed by atoms with Crippen molar-refractivity contribution in [2.75, 3.05) is 17.2 Å². The Morgan fingerprint density at radius 2 is 2.20 bits per heavy atom. The van der Waals surface area contributed by atoms with Gasteiger partial charge in [-0.25, -0.2) is 9.78 Å². The average molecular weight is 274 g/mol. The molecule has 0 aliphatic carbocycles. The van der Waals surface area contributed by atoms with Crippen molar-refractivity contribution >= 4 is 17.7 Å². The van der Waals surface area contributed by atoms with E-state index in [0.29, 0.717) is 12.4 Å². The molecule has 0 saturated carbocycles. The van der Waals surface area contributed by atoms with Crippen LogP contribution in [0, 0.1) is 0 Å². The smallest absolute Gasteiger partial charge is 0.320 e. The van der Waals surface area contributed by atoms with Gasteiger partial charge in [0.1, 0.15) is 5.82 Å². The molecular formula is C13H18N6O. The van der Waals surface area contributed by atoms with E-state index >= 15 is 0 Å². The largest absolute Gasteiger partial charge is 0.370 e. The third-order valence-electron chi connectivity index (χ3n) is 2.59. The molecule has 7 heteroatoms. The van der Waals surface area contributed by atoms with Gasteiger partial charge in [0.25, 0.3) is 0 Å². The molecule has 0 spiro atoms. The van der Waals surface area contributed by atoms with E-state index < -0.39 is 0 Å². The van der Waals surface area contributed by atoms with Crippen LogP contribution in [0.1, 0.15) is 12.5 Å². The lowest BCUT2D eigenvalue weighted by Gasteiger charge is -2.07. The van der Waals surface area contributed by atoms with Crippen molar-refractivity contribution < 1.29 is 4.79 Å². The molecular weight excluding hydrogens is 256 g/mol. The maximum absolute atomic E-state index is 11.7. The lowest BCUT2D eigenvalue weighted by atomic mass is 10.2. The first-order valence-electron chi connectivity index (χ1n) is 6.40. The molecule has 2 aromatic rings. The fourth-order valence-electron chi connectivity index (χ4n) is 1.69. The fourth-order valence-corrected chi connectivity index (χ4v) is 1.69. The van der Waals surface area contributed by atoms with Crippen molar-refractivity contribution in [2.24, 2.45) is 7.05 Å². The minimum atomic E-state index is -0.287. The number of amides is 2. The molecule has 0 bridgehead atoms. The molecule has 2 rings (SSSR count). The van der Waals surface area contributed by atoms with Crippen LogP contribution in [0.3, 0.4) is 0 Å². The number of rotatable bonds is 5. The van der Waals surface area contributed by atoms with Gasteiger partial charge in [-0.05, 0) is 24.6 Å². The Hall–Kier alpha value is -2.57. The van der Waals surface area contributed by atoms with E-state index in [1.54, 1.807) is 30.2 Å². The number of pyridine rings is 1. The second kappa shape index (κ2) is 6.55. The summed E-state index contributed by atoms with van der Waals surface area (Å²) in [6.07, 6.45) is 3.48. The van der Waals surface area contributed by atoms with Crippen molar-refractivity contribution in [1.82, 2.24) is 20.1 Å². The van der Waals surface area contributed by atoms with Gasteiger partial charge in [-0.1, -0.05) is 0 Å². The van der Waals surface area contributed by atoms with Crippen LogP contribution in [-0.4, -0.2) is 27.3 Å². The van der Waals surface area contributed by atoms with Crippen molar-refractivity contribution in [3.63, 3.8) is 0 Å². The zero-order chi connectivity index (χ0) is 14.4. The van der Waals surface area contributed by atoms with Gasteiger partial charge < -0.3 is 10.6 Å². The summed E-state index contributed by atoms with van der Waals surface area (Å²) in [4.78, 5) is 15.9. The predicted octanol–water partition coefficient (Wildman–Crippen LogP) is 1.57. The Bertz CT molecular complexity index is 580. The second-order valence-corrected chi connectivity index (χ2v) is 4.26. The lowest BCUT2D eigenvalue weighted by Crippen LogP contribution is -2.28. The molecule has 0 saturated heterocycles. The Morgan fingerprint density at radius 1 is 1.35 bits per heavy atom. The van der Waals surface area contributed by atoms with E-state index in [0.717, 1.165) is 17.9 Å². The van der Waals surface area contributed by atoms with Gasteiger partial charge in [0, 0.05) is 38.6 Å². The monoisotopic (exact) mass is 274 g/mol. The predicted molar refractivity (Wildman–Crippen MR) is 77.5 cm³/mol. The average Bonchev–Trinajstić information content (AvgIpc) is 2.83. The lowest BCUT2D eigenvalue weighted by molar-refractivity contribution is 0.251. The van der Waals surface area contributed by atoms with E-state index in [-0.39, 0.29) is 6.03 Å². The summed E-state index contributed by atoms with van der Waals surface area (Å²) in [5, 5.41) is 12.6. The summed E-state index contributed by atoms with van der Waals surface area (Å²) in [6, 6.07) is 5.22. The summed E-state index contributed by atoms with van der Waals surface area (Å²) < 4.78 is 1.63. The van der Waals surface area contributed by atoms with Crippen LogP contribution < -0.4 is 16.0 Å². The highest BCUT2D eigenvalue weighted by Gasteiger charge is 2.04. The van der Waals surface area contributed by atoms with Crippen LogP contribution in [0.5, 0.6) is 0 Å². The first-order chi connectivity index (χ1) is 9.67. The van der Waals surface area contributed by atoms with Crippen molar-refractivity contribution in [1.29, 1.82) is 0 Å². The molecule has 0 aromatic carbocycles. The molecule has 0 atom stereocenters. The molecule has 106 valence electrons. The molecule has 20 heavy (non-hydrogen) atoms. The molecule has 0 aliphatic heterocycles. The highest BCUT2D eigenvalue weighted by molar-refractivity contribution is 5.88. The first kappa shape index (κ1) is 13.9. The maximum Gasteiger partial charge on any atom is 0.320 e. The third-order valence-corrected chi connectivity index (χ3v) is 2.59. The van der Waals surface area contributed by atoms with Crippen LogP contribution in [0.15, 0.2) is 30.6 Å². The number of hydrogen-bond donors (Lipinski definition) is 3. The van der Waals surface area contributed by atoms with Crippen molar-refractivity contribution in [3.05, 3.63) is 36.2 Å². The minimum absolute atomic E-state index is 0.287. The van der Waals surface area contributed by atoms with Crippen LogP contribution in [0.25, 0.3) is 0 Å². The van der Waals surface area contributed by atoms with E-state index in [1.807, 2.05) is 19.1 Å². The quantitative estimate of drug-likeness (QED) is 0.772. The molecule has 7 nitrogen and oxygen atoms in total. The second-order valence-electron chi connectivity index (χ2n) is 4.26. The summed E-state index contributed by atoms with van der Waals surface area (Å²) in [6.45, 7) is 3.25. The van der Waals surface area contributed by atoms with Gasteiger partial charge in [-0.15, -0.1) is 0 Å². The fraction of sp³-hybridized carbons (Fsp3) is 0.308. The number of nitrogens with zero attached hydrogens (tertiary/aromatic N) is 3. The van der Waals surface area contributed by atoms with Gasteiger partial charge in [-0.3, -0.25) is 10.00 Å². The van der Waals surface area contributed by atoms with Gasteiger partial charge in [0.2, 0.25) is 0 Å². The van der Waals surface area contributed by atoms with Gasteiger partial charge in [0.05, 0.1) is 0 Å². The molecule has 0 fully saturated rings. The number of carbonyl (C=O) groups excluding carboxylic acids is 1. The molecule has 0 aliphatic rings. The van der Waals surface area contributed by atoms with Crippen LogP contribution in [0.4, 0.5) is 16.4 Å². The zero-order valence-electron chi connectivity index (χ0n) is 11.6. The Balaban J connectivity index is 1.85. The van der Waals surface area contributed by atoms with Crippen LogP contribution in [-0.2, 0) is 13.6 Å². The number of aromatic nitrogens is 3. The highest BCUT2D eigenvalue weighted by atomic mass is 16.2. The normalized spacial score (nSPS) is 10.1. The summed E-state index contributed by atoms with van der Waals surface area (Å²) in [5.41, 5.74) is 0.979. The standard InChI is InChI=1S/C13H18N6O/c1-3-14-12-8-10(4-6-15-12)9-16-13(20)17-11-5-7-19(2)18-11/h4-8H,3,9H2,1-2H3,(H,14,15)(H2,16,17,18,20). The van der Waals surface area contributed by atoms with Gasteiger partial charge in [0.15, 0.2) is 5.82 Å². The Kier molecular flexibility index (Phi) is 4.54. The van der Waals surface area contributed by atoms with E-state index in [9.17, 15) is 4.79 Å². The summed E-state index contributed by atoms with van der Waals surface area (Å²) in [7, 11) is 1.79. The molecule has 3 N–H and O–H groups in total. The molecule has 2 heterocycles. The van der Waals surface area contributed by atoms with Gasteiger partial charge >= 0.3 is 6.03 Å². The molecule has 2 amide bonds. The molecule has 0 unspecified atom stereocenters. The van der Waals surface area contributed by atoms with E-state index in [2.05, 4.69) is 26.0 Å². The Morgan fingerprint density at radius 3 is 2.90 bits per heavy atom. The number of nitrogens with one attached hydrogen (secondary N) is 3. The Labute approximate surface area is 117 Å². The number of anilines is 2. The molecule has 2 aromatic heterocycles. The van der Waals surface area contributed by atoms with Crippen molar-refractivity contribution in [2.45, 2.75) is 13.5 Å².